The third-order valence-corrected chi connectivity index (χ3v) is 3.42. The average Bonchev–Trinajstić information content (AvgIpc) is 2.81. The molecule has 1 aliphatic rings. The van der Waals surface area contributed by atoms with Crippen molar-refractivity contribution in [3.05, 3.63) is 29.8 Å². The number of nitrogens with one attached hydrogen (secondary N) is 1. The molecule has 1 unspecified atom stereocenters. The smallest absolute Gasteiger partial charge is 0.369 e. The first-order chi connectivity index (χ1) is 10.7. The average molecular weight is 329 g/mol. The Morgan fingerprint density at radius 2 is 1.91 bits per heavy atom. The van der Waals surface area contributed by atoms with Crippen LogP contribution >= 0.6 is 0 Å². The van der Waals surface area contributed by atoms with Crippen LogP contribution < -0.4 is 16.0 Å². The van der Waals surface area contributed by atoms with Crippen molar-refractivity contribution in [2.24, 2.45) is 5.73 Å². The minimum atomic E-state index is -4.99. The SMILES string of the molecule is NC(=O)CC(=O)N1c2ccccc2CC1CNC(=O)C(F)(F)F. The van der Waals surface area contributed by atoms with Crippen LogP contribution in [0.3, 0.4) is 0 Å². The minimum Gasteiger partial charge on any atom is -0.369 e. The Balaban J connectivity index is 2.17. The number of primary amides is 1. The fourth-order valence-corrected chi connectivity index (χ4v) is 2.51. The number of rotatable bonds is 4. The molecule has 0 radical (unpaired) electrons. The van der Waals surface area contributed by atoms with Crippen LogP contribution in [0.1, 0.15) is 12.0 Å². The molecular weight excluding hydrogens is 315 g/mol. The number of para-hydroxylation sites is 1. The Hall–Kier alpha value is -2.58. The Labute approximate surface area is 129 Å². The maximum Gasteiger partial charge on any atom is 0.471 e. The van der Waals surface area contributed by atoms with Crippen molar-refractivity contribution in [3.8, 4) is 0 Å². The van der Waals surface area contributed by atoms with E-state index in [1.54, 1.807) is 29.6 Å². The van der Waals surface area contributed by atoms with Gasteiger partial charge in [0.05, 0.1) is 6.04 Å². The van der Waals surface area contributed by atoms with Crippen LogP contribution in [0.15, 0.2) is 24.3 Å². The summed E-state index contributed by atoms with van der Waals surface area (Å²) in [6.45, 7) is -0.377. The van der Waals surface area contributed by atoms with E-state index in [0.29, 0.717) is 5.69 Å². The molecule has 124 valence electrons. The summed E-state index contributed by atoms with van der Waals surface area (Å²) in [5.74, 6) is -3.53. The molecule has 0 saturated carbocycles. The second-order valence-corrected chi connectivity index (χ2v) is 5.10. The highest BCUT2D eigenvalue weighted by atomic mass is 19.4. The van der Waals surface area contributed by atoms with Gasteiger partial charge in [-0.2, -0.15) is 13.2 Å². The van der Waals surface area contributed by atoms with Crippen molar-refractivity contribution in [1.82, 2.24) is 5.32 Å². The quantitative estimate of drug-likeness (QED) is 0.788. The molecule has 0 spiro atoms. The van der Waals surface area contributed by atoms with Gasteiger partial charge in [0.2, 0.25) is 11.8 Å². The van der Waals surface area contributed by atoms with Crippen LogP contribution in [0, 0.1) is 0 Å². The molecule has 2 rings (SSSR count). The Morgan fingerprint density at radius 1 is 1.26 bits per heavy atom. The first-order valence-electron chi connectivity index (χ1n) is 6.73. The van der Waals surface area contributed by atoms with Gasteiger partial charge in [-0.3, -0.25) is 14.4 Å². The van der Waals surface area contributed by atoms with E-state index < -0.39 is 36.4 Å². The normalized spacial score (nSPS) is 16.8. The molecule has 1 heterocycles. The van der Waals surface area contributed by atoms with Gasteiger partial charge in [0.25, 0.3) is 0 Å². The van der Waals surface area contributed by atoms with Crippen molar-refractivity contribution in [2.45, 2.75) is 25.1 Å². The molecule has 0 bridgehead atoms. The van der Waals surface area contributed by atoms with Crippen molar-refractivity contribution in [1.29, 1.82) is 0 Å². The maximum absolute atomic E-state index is 12.3. The lowest BCUT2D eigenvalue weighted by molar-refractivity contribution is -0.173. The van der Waals surface area contributed by atoms with Crippen molar-refractivity contribution in [3.63, 3.8) is 0 Å². The molecular formula is C14H14F3N3O3. The number of nitrogens with zero attached hydrogens (tertiary/aromatic N) is 1. The molecule has 9 heteroatoms. The van der Waals surface area contributed by atoms with Gasteiger partial charge in [0.1, 0.15) is 6.42 Å². The summed E-state index contributed by atoms with van der Waals surface area (Å²) < 4.78 is 36.8. The number of hydrogen-bond acceptors (Lipinski definition) is 3. The van der Waals surface area contributed by atoms with Crippen molar-refractivity contribution < 1.29 is 27.6 Å². The van der Waals surface area contributed by atoms with Gasteiger partial charge in [0.15, 0.2) is 0 Å². The van der Waals surface area contributed by atoms with Crippen molar-refractivity contribution in [2.75, 3.05) is 11.4 Å². The number of hydrogen-bond donors (Lipinski definition) is 2. The highest BCUT2D eigenvalue weighted by Gasteiger charge is 2.40. The first kappa shape index (κ1) is 16.8. The fraction of sp³-hybridized carbons (Fsp3) is 0.357. The minimum absolute atomic E-state index is 0.277. The highest BCUT2D eigenvalue weighted by molar-refractivity contribution is 6.06. The summed E-state index contributed by atoms with van der Waals surface area (Å²) in [5.41, 5.74) is 6.25. The maximum atomic E-state index is 12.3. The number of amides is 3. The number of anilines is 1. The van der Waals surface area contributed by atoms with Crippen LogP contribution in [-0.2, 0) is 20.8 Å². The predicted octanol–water partition coefficient (Wildman–Crippen LogP) is 0.498. The molecule has 0 saturated heterocycles. The lowest BCUT2D eigenvalue weighted by Gasteiger charge is -2.25. The molecule has 1 atom stereocenters. The third kappa shape index (κ3) is 3.79. The van der Waals surface area contributed by atoms with E-state index in [9.17, 15) is 27.6 Å². The van der Waals surface area contributed by atoms with Gasteiger partial charge in [-0.1, -0.05) is 18.2 Å². The molecule has 3 N–H and O–H groups in total. The largest absolute Gasteiger partial charge is 0.471 e. The van der Waals surface area contributed by atoms with Gasteiger partial charge in [-0.25, -0.2) is 0 Å². The first-order valence-corrected chi connectivity index (χ1v) is 6.73. The second-order valence-electron chi connectivity index (χ2n) is 5.10. The van der Waals surface area contributed by atoms with E-state index in [0.717, 1.165) is 5.56 Å². The molecule has 1 aromatic rings. The predicted molar refractivity (Wildman–Crippen MR) is 74.3 cm³/mol. The third-order valence-electron chi connectivity index (χ3n) is 3.42. The Morgan fingerprint density at radius 3 is 2.52 bits per heavy atom. The van der Waals surface area contributed by atoms with Crippen LogP contribution in [-0.4, -0.2) is 36.5 Å². The monoisotopic (exact) mass is 329 g/mol. The topological polar surface area (TPSA) is 92.5 Å². The summed E-state index contributed by atoms with van der Waals surface area (Å²) in [4.78, 5) is 35.3. The summed E-state index contributed by atoms with van der Waals surface area (Å²) in [6.07, 6.45) is -5.27. The van der Waals surface area contributed by atoms with Gasteiger partial charge < -0.3 is 16.0 Å². The van der Waals surface area contributed by atoms with E-state index in [1.807, 2.05) is 0 Å². The van der Waals surface area contributed by atoms with E-state index in [4.69, 9.17) is 5.73 Å². The zero-order valence-corrected chi connectivity index (χ0v) is 11.9. The summed E-state index contributed by atoms with van der Waals surface area (Å²) in [6, 6.07) is 6.04. The van der Waals surface area contributed by atoms with E-state index in [2.05, 4.69) is 0 Å². The number of fused-ring (bicyclic) bond motifs is 1. The summed E-state index contributed by atoms with van der Waals surface area (Å²) in [5, 5.41) is 1.76. The van der Waals surface area contributed by atoms with Crippen LogP contribution in [0.4, 0.5) is 18.9 Å². The highest BCUT2D eigenvalue weighted by Crippen LogP contribution is 2.32. The molecule has 0 aromatic heterocycles. The number of halogens is 3. The molecule has 0 aliphatic carbocycles. The zero-order valence-electron chi connectivity index (χ0n) is 11.9. The number of carbonyl (C=O) groups excluding carboxylic acids is 3. The van der Waals surface area contributed by atoms with Gasteiger partial charge in [-0.05, 0) is 18.1 Å². The lowest BCUT2D eigenvalue weighted by Crippen LogP contribution is -2.48. The Kier molecular flexibility index (Phi) is 4.57. The number of nitrogens with two attached hydrogens (primary N) is 1. The lowest BCUT2D eigenvalue weighted by atomic mass is 10.1. The Bertz CT molecular complexity index is 646. The summed E-state index contributed by atoms with van der Waals surface area (Å²) >= 11 is 0. The van der Waals surface area contributed by atoms with Gasteiger partial charge in [0, 0.05) is 12.2 Å². The van der Waals surface area contributed by atoms with E-state index in [-0.39, 0.29) is 13.0 Å². The molecule has 1 aliphatic heterocycles. The standard InChI is InChI=1S/C14H14F3N3O3/c15-14(16,17)13(23)19-7-9-5-8-3-1-2-4-10(8)20(9)12(22)6-11(18)21/h1-4,9H,5-7H2,(H2,18,21)(H,19,23). The van der Waals surface area contributed by atoms with Crippen LogP contribution in [0.25, 0.3) is 0 Å². The fourth-order valence-electron chi connectivity index (χ4n) is 2.51. The van der Waals surface area contributed by atoms with Gasteiger partial charge in [-0.15, -0.1) is 0 Å². The number of carbonyl (C=O) groups is 3. The molecule has 3 amide bonds. The molecule has 0 fully saturated rings. The van der Waals surface area contributed by atoms with Crippen LogP contribution in [0.5, 0.6) is 0 Å². The zero-order chi connectivity index (χ0) is 17.2. The summed E-state index contributed by atoms with van der Waals surface area (Å²) in [7, 11) is 0. The molecule has 6 nitrogen and oxygen atoms in total. The molecule has 1 aromatic carbocycles. The number of alkyl halides is 3. The second kappa shape index (κ2) is 6.27. The van der Waals surface area contributed by atoms with Gasteiger partial charge >= 0.3 is 12.1 Å². The van der Waals surface area contributed by atoms with Crippen LogP contribution in [0.2, 0.25) is 0 Å². The molecule has 23 heavy (non-hydrogen) atoms. The van der Waals surface area contributed by atoms with Crippen molar-refractivity contribution >= 4 is 23.4 Å². The van der Waals surface area contributed by atoms with E-state index >= 15 is 0 Å². The van der Waals surface area contributed by atoms with E-state index in [1.165, 1.54) is 4.90 Å². The number of benzene rings is 1.